The lowest BCUT2D eigenvalue weighted by molar-refractivity contribution is 0.102. The molecular weight excluding hydrogens is 346 g/mol. The predicted octanol–water partition coefficient (Wildman–Crippen LogP) is 4.06. The highest BCUT2D eigenvalue weighted by molar-refractivity contribution is 9.10. The monoisotopic (exact) mass is 357 g/mol. The highest BCUT2D eigenvalue weighted by Crippen LogP contribution is 2.21. The topological polar surface area (TPSA) is 68.0 Å². The smallest absolute Gasteiger partial charge is 0.322 e. The highest BCUT2D eigenvalue weighted by Gasteiger charge is 2.12. The lowest BCUT2D eigenvalue weighted by Crippen LogP contribution is -2.11. The van der Waals surface area contributed by atoms with Crippen molar-refractivity contribution in [3.8, 4) is 11.5 Å². The number of benzene rings is 2. The summed E-state index contributed by atoms with van der Waals surface area (Å²) in [6.45, 7) is 1.98. The third kappa shape index (κ3) is 3.23. The Kier molecular flexibility index (Phi) is 4.02. The van der Waals surface area contributed by atoms with Gasteiger partial charge in [-0.2, -0.15) is 0 Å². The number of hydrogen-bond acceptors (Lipinski definition) is 4. The molecule has 0 aliphatic heterocycles. The van der Waals surface area contributed by atoms with Crippen molar-refractivity contribution in [2.75, 3.05) is 5.32 Å². The molecule has 0 aliphatic carbocycles. The van der Waals surface area contributed by atoms with E-state index in [1.165, 1.54) is 0 Å². The summed E-state index contributed by atoms with van der Waals surface area (Å²) in [5.74, 6) is 0.0711. The molecule has 3 rings (SSSR count). The standard InChI is InChI=1S/C16H12BrN3O2/c1-10-3-2-4-12(9-10)15-19-20-16(22-15)18-14(21)11-5-7-13(17)8-6-11/h2-9H,1H3,(H,18,20,21). The van der Waals surface area contributed by atoms with E-state index in [9.17, 15) is 4.79 Å². The van der Waals surface area contributed by atoms with Crippen molar-refractivity contribution in [2.45, 2.75) is 6.92 Å². The number of aromatic nitrogens is 2. The summed E-state index contributed by atoms with van der Waals surface area (Å²) in [6, 6.07) is 14.8. The molecule has 0 saturated carbocycles. The Morgan fingerprint density at radius 1 is 1.14 bits per heavy atom. The molecule has 110 valence electrons. The first-order valence-electron chi connectivity index (χ1n) is 6.59. The maximum absolute atomic E-state index is 12.1. The third-order valence-corrected chi connectivity index (χ3v) is 3.55. The second-order valence-corrected chi connectivity index (χ2v) is 5.66. The Hall–Kier alpha value is -2.47. The van der Waals surface area contributed by atoms with Crippen LogP contribution in [-0.2, 0) is 0 Å². The maximum Gasteiger partial charge on any atom is 0.322 e. The minimum absolute atomic E-state index is 0.0735. The average molecular weight is 358 g/mol. The summed E-state index contributed by atoms with van der Waals surface area (Å²) in [5, 5.41) is 10.4. The molecule has 0 spiro atoms. The van der Waals surface area contributed by atoms with E-state index in [4.69, 9.17) is 4.42 Å². The van der Waals surface area contributed by atoms with Gasteiger partial charge in [0.2, 0.25) is 5.89 Å². The first kappa shape index (κ1) is 14.5. The molecule has 0 bridgehead atoms. The largest absolute Gasteiger partial charge is 0.403 e. The zero-order valence-corrected chi connectivity index (χ0v) is 13.3. The number of halogens is 1. The van der Waals surface area contributed by atoms with Crippen molar-refractivity contribution < 1.29 is 9.21 Å². The third-order valence-electron chi connectivity index (χ3n) is 3.02. The van der Waals surface area contributed by atoms with Crippen LogP contribution in [-0.4, -0.2) is 16.1 Å². The van der Waals surface area contributed by atoms with Crippen LogP contribution >= 0.6 is 15.9 Å². The minimum Gasteiger partial charge on any atom is -0.403 e. The first-order chi connectivity index (χ1) is 10.6. The van der Waals surface area contributed by atoms with Gasteiger partial charge < -0.3 is 4.42 Å². The molecule has 0 saturated heterocycles. The molecule has 0 fully saturated rings. The van der Waals surface area contributed by atoms with Gasteiger partial charge in [0.1, 0.15) is 0 Å². The summed E-state index contributed by atoms with van der Waals surface area (Å²) < 4.78 is 6.38. The molecule has 1 aromatic heterocycles. The van der Waals surface area contributed by atoms with Crippen LogP contribution in [0.1, 0.15) is 15.9 Å². The number of amides is 1. The van der Waals surface area contributed by atoms with Crippen molar-refractivity contribution in [1.82, 2.24) is 10.2 Å². The lowest BCUT2D eigenvalue weighted by Gasteiger charge is -2.00. The predicted molar refractivity (Wildman–Crippen MR) is 86.6 cm³/mol. The van der Waals surface area contributed by atoms with Gasteiger partial charge in [0.25, 0.3) is 5.91 Å². The van der Waals surface area contributed by atoms with Crippen LogP contribution < -0.4 is 5.32 Å². The van der Waals surface area contributed by atoms with Crippen molar-refractivity contribution in [1.29, 1.82) is 0 Å². The highest BCUT2D eigenvalue weighted by atomic mass is 79.9. The summed E-state index contributed by atoms with van der Waals surface area (Å²) >= 11 is 3.32. The van der Waals surface area contributed by atoms with Gasteiger partial charge in [-0.05, 0) is 43.3 Å². The Balaban J connectivity index is 1.77. The molecule has 0 aliphatic rings. The number of carbonyl (C=O) groups excluding carboxylic acids is 1. The number of carbonyl (C=O) groups is 1. The molecule has 1 heterocycles. The van der Waals surface area contributed by atoms with Gasteiger partial charge in [0.05, 0.1) is 0 Å². The fourth-order valence-corrected chi connectivity index (χ4v) is 2.20. The van der Waals surface area contributed by atoms with Crippen LogP contribution in [0.5, 0.6) is 0 Å². The van der Waals surface area contributed by atoms with E-state index >= 15 is 0 Å². The normalized spacial score (nSPS) is 10.5. The van der Waals surface area contributed by atoms with E-state index in [1.54, 1.807) is 24.3 Å². The van der Waals surface area contributed by atoms with Crippen molar-refractivity contribution >= 4 is 27.9 Å². The van der Waals surface area contributed by atoms with Crippen LogP contribution in [0.25, 0.3) is 11.5 Å². The second-order valence-electron chi connectivity index (χ2n) is 4.74. The number of rotatable bonds is 3. The number of nitrogens with one attached hydrogen (secondary N) is 1. The molecule has 1 amide bonds. The van der Waals surface area contributed by atoms with Crippen LogP contribution in [0.15, 0.2) is 57.4 Å². The Morgan fingerprint density at radius 3 is 2.64 bits per heavy atom. The summed E-state index contributed by atoms with van der Waals surface area (Å²) in [5.41, 5.74) is 2.42. The molecule has 3 aromatic rings. The van der Waals surface area contributed by atoms with Gasteiger partial charge in [-0.1, -0.05) is 38.7 Å². The number of anilines is 1. The van der Waals surface area contributed by atoms with Crippen LogP contribution in [0.2, 0.25) is 0 Å². The SMILES string of the molecule is Cc1cccc(-c2nnc(NC(=O)c3ccc(Br)cc3)o2)c1. The molecule has 22 heavy (non-hydrogen) atoms. The van der Waals surface area contributed by atoms with Gasteiger partial charge in [0.15, 0.2) is 0 Å². The summed E-state index contributed by atoms with van der Waals surface area (Å²) in [7, 11) is 0. The zero-order chi connectivity index (χ0) is 15.5. The Labute approximate surface area is 135 Å². The van der Waals surface area contributed by atoms with E-state index in [2.05, 4.69) is 31.4 Å². The fourth-order valence-electron chi connectivity index (χ4n) is 1.94. The van der Waals surface area contributed by atoms with Gasteiger partial charge in [-0.3, -0.25) is 10.1 Å². The van der Waals surface area contributed by atoms with Gasteiger partial charge in [0, 0.05) is 15.6 Å². The average Bonchev–Trinajstić information content (AvgIpc) is 2.96. The zero-order valence-electron chi connectivity index (χ0n) is 11.7. The van der Waals surface area contributed by atoms with E-state index in [0.717, 1.165) is 15.6 Å². The van der Waals surface area contributed by atoms with Crippen molar-refractivity contribution in [3.63, 3.8) is 0 Å². The van der Waals surface area contributed by atoms with E-state index in [0.29, 0.717) is 11.5 Å². The summed E-state index contributed by atoms with van der Waals surface area (Å²) in [6.07, 6.45) is 0. The quantitative estimate of drug-likeness (QED) is 0.767. The van der Waals surface area contributed by atoms with Gasteiger partial charge in [-0.25, -0.2) is 0 Å². The molecule has 0 atom stereocenters. The van der Waals surface area contributed by atoms with E-state index in [1.807, 2.05) is 31.2 Å². The molecule has 6 heteroatoms. The lowest BCUT2D eigenvalue weighted by atomic mass is 10.1. The molecule has 5 nitrogen and oxygen atoms in total. The molecule has 0 unspecified atom stereocenters. The van der Waals surface area contributed by atoms with Crippen LogP contribution in [0.3, 0.4) is 0 Å². The molecule has 1 N–H and O–H groups in total. The van der Waals surface area contributed by atoms with Crippen LogP contribution in [0, 0.1) is 6.92 Å². The number of nitrogens with zero attached hydrogens (tertiary/aromatic N) is 2. The molecular formula is C16H12BrN3O2. The van der Waals surface area contributed by atoms with E-state index in [-0.39, 0.29) is 11.9 Å². The maximum atomic E-state index is 12.1. The van der Waals surface area contributed by atoms with Crippen molar-refractivity contribution in [2.24, 2.45) is 0 Å². The molecule has 2 aromatic carbocycles. The van der Waals surface area contributed by atoms with Crippen LogP contribution in [0.4, 0.5) is 6.01 Å². The second kappa shape index (κ2) is 6.11. The Bertz CT molecular complexity index is 812. The summed E-state index contributed by atoms with van der Waals surface area (Å²) in [4.78, 5) is 12.1. The van der Waals surface area contributed by atoms with Crippen molar-refractivity contribution in [3.05, 3.63) is 64.1 Å². The Morgan fingerprint density at radius 2 is 1.91 bits per heavy atom. The molecule has 0 radical (unpaired) electrons. The number of hydrogen-bond donors (Lipinski definition) is 1. The van der Waals surface area contributed by atoms with Gasteiger partial charge >= 0.3 is 6.01 Å². The number of aryl methyl sites for hydroxylation is 1. The first-order valence-corrected chi connectivity index (χ1v) is 7.38. The fraction of sp³-hybridized carbons (Fsp3) is 0.0625. The van der Waals surface area contributed by atoms with E-state index < -0.39 is 0 Å². The van der Waals surface area contributed by atoms with Gasteiger partial charge in [-0.15, -0.1) is 5.10 Å². The minimum atomic E-state index is -0.299.